The lowest BCUT2D eigenvalue weighted by Gasteiger charge is -2.13. The summed E-state index contributed by atoms with van der Waals surface area (Å²) >= 11 is 5.10. The highest BCUT2D eigenvalue weighted by atomic mass is 32.1. The number of phenols is 1. The SMILES string of the molecule is Cc1cc(NC(=S)NC(=O)c2ccc(OC(C)C)cc2)cc(C(=O)O)c1O. The van der Waals surface area contributed by atoms with Gasteiger partial charge in [0.2, 0.25) is 0 Å². The highest BCUT2D eigenvalue weighted by Gasteiger charge is 2.15. The molecular formula is C19H20N2O5S. The third-order valence-electron chi connectivity index (χ3n) is 3.50. The molecule has 2 rings (SSSR count). The molecule has 0 unspecified atom stereocenters. The number of carbonyl (C=O) groups excluding carboxylic acids is 1. The van der Waals surface area contributed by atoms with Crippen molar-refractivity contribution >= 4 is 34.9 Å². The first-order chi connectivity index (χ1) is 12.7. The van der Waals surface area contributed by atoms with Gasteiger partial charge in [0.25, 0.3) is 5.91 Å². The molecule has 0 aliphatic carbocycles. The summed E-state index contributed by atoms with van der Waals surface area (Å²) in [5.74, 6) is -1.34. The molecule has 0 atom stereocenters. The normalized spacial score (nSPS) is 10.4. The van der Waals surface area contributed by atoms with Crippen molar-refractivity contribution < 1.29 is 24.5 Å². The van der Waals surface area contributed by atoms with E-state index in [1.54, 1.807) is 31.2 Å². The molecule has 0 saturated heterocycles. The van der Waals surface area contributed by atoms with Crippen LogP contribution in [0.25, 0.3) is 0 Å². The molecular weight excluding hydrogens is 368 g/mol. The number of carbonyl (C=O) groups is 2. The maximum absolute atomic E-state index is 12.3. The van der Waals surface area contributed by atoms with Crippen LogP contribution in [0.3, 0.4) is 0 Å². The number of benzene rings is 2. The Morgan fingerprint density at radius 3 is 2.33 bits per heavy atom. The lowest BCUT2D eigenvalue weighted by atomic mass is 10.1. The second-order valence-electron chi connectivity index (χ2n) is 6.09. The number of carboxylic acids is 1. The van der Waals surface area contributed by atoms with E-state index in [9.17, 15) is 14.7 Å². The Hall–Kier alpha value is -3.13. The Bertz CT molecular complexity index is 878. The van der Waals surface area contributed by atoms with Gasteiger partial charge in [0.15, 0.2) is 5.11 Å². The second kappa shape index (κ2) is 8.50. The molecule has 0 saturated carbocycles. The van der Waals surface area contributed by atoms with Gasteiger partial charge in [0.1, 0.15) is 17.1 Å². The number of rotatable bonds is 5. The van der Waals surface area contributed by atoms with Gasteiger partial charge in [0, 0.05) is 11.3 Å². The highest BCUT2D eigenvalue weighted by Crippen LogP contribution is 2.26. The van der Waals surface area contributed by atoms with Gasteiger partial charge >= 0.3 is 5.97 Å². The van der Waals surface area contributed by atoms with E-state index in [0.717, 1.165) is 0 Å². The molecule has 2 aromatic carbocycles. The second-order valence-corrected chi connectivity index (χ2v) is 6.50. The first-order valence-electron chi connectivity index (χ1n) is 8.13. The molecule has 7 nitrogen and oxygen atoms in total. The van der Waals surface area contributed by atoms with E-state index < -0.39 is 11.9 Å². The largest absolute Gasteiger partial charge is 0.507 e. The summed E-state index contributed by atoms with van der Waals surface area (Å²) in [5.41, 5.74) is 0.844. The summed E-state index contributed by atoms with van der Waals surface area (Å²) in [6.07, 6.45) is 0.0333. The predicted molar refractivity (Wildman–Crippen MR) is 106 cm³/mol. The number of aromatic carboxylic acids is 1. The van der Waals surface area contributed by atoms with Gasteiger partial charge in [-0.2, -0.15) is 0 Å². The van der Waals surface area contributed by atoms with Crippen LogP contribution in [0.1, 0.15) is 40.1 Å². The Labute approximate surface area is 162 Å². The lowest BCUT2D eigenvalue weighted by molar-refractivity contribution is 0.0693. The summed E-state index contributed by atoms with van der Waals surface area (Å²) in [6, 6.07) is 9.37. The summed E-state index contributed by atoms with van der Waals surface area (Å²) in [7, 11) is 0. The molecule has 1 amide bonds. The van der Waals surface area contributed by atoms with Gasteiger partial charge < -0.3 is 20.3 Å². The van der Waals surface area contributed by atoms with E-state index in [4.69, 9.17) is 22.1 Å². The van der Waals surface area contributed by atoms with Crippen molar-refractivity contribution in [3.05, 3.63) is 53.1 Å². The van der Waals surface area contributed by atoms with Crippen LogP contribution in [0.5, 0.6) is 11.5 Å². The number of carboxylic acid groups (broad SMARTS) is 1. The summed E-state index contributed by atoms with van der Waals surface area (Å²) < 4.78 is 5.52. The topological polar surface area (TPSA) is 108 Å². The van der Waals surface area contributed by atoms with Crippen molar-refractivity contribution in [2.45, 2.75) is 26.9 Å². The van der Waals surface area contributed by atoms with Crippen LogP contribution in [0.15, 0.2) is 36.4 Å². The van der Waals surface area contributed by atoms with Crippen LogP contribution in [0, 0.1) is 6.92 Å². The smallest absolute Gasteiger partial charge is 0.339 e. The molecule has 0 aromatic heterocycles. The summed E-state index contributed by atoms with van der Waals surface area (Å²) in [4.78, 5) is 23.4. The van der Waals surface area contributed by atoms with E-state index >= 15 is 0 Å². The predicted octanol–water partition coefficient (Wildman–Crippen LogP) is 3.31. The molecule has 4 N–H and O–H groups in total. The number of ether oxygens (including phenoxy) is 1. The molecule has 0 fully saturated rings. The van der Waals surface area contributed by atoms with Crippen molar-refractivity contribution in [2.75, 3.05) is 5.32 Å². The maximum atomic E-state index is 12.3. The molecule has 0 aliphatic rings. The van der Waals surface area contributed by atoms with E-state index in [2.05, 4.69) is 10.6 Å². The molecule has 27 heavy (non-hydrogen) atoms. The van der Waals surface area contributed by atoms with Crippen molar-refractivity contribution in [3.63, 3.8) is 0 Å². The van der Waals surface area contributed by atoms with Crippen LogP contribution in [0.4, 0.5) is 5.69 Å². The fourth-order valence-corrected chi connectivity index (χ4v) is 2.52. The first kappa shape index (κ1) is 20.2. The minimum absolute atomic E-state index is 0.00364. The fraction of sp³-hybridized carbons (Fsp3) is 0.211. The van der Waals surface area contributed by atoms with Crippen LogP contribution < -0.4 is 15.4 Å². The Kier molecular flexibility index (Phi) is 6.36. The molecule has 0 bridgehead atoms. The maximum Gasteiger partial charge on any atom is 0.339 e. The third-order valence-corrected chi connectivity index (χ3v) is 3.71. The number of nitrogens with one attached hydrogen (secondary N) is 2. The molecule has 142 valence electrons. The zero-order valence-corrected chi connectivity index (χ0v) is 15.9. The number of anilines is 1. The van der Waals surface area contributed by atoms with Crippen LogP contribution >= 0.6 is 12.2 Å². The summed E-state index contributed by atoms with van der Waals surface area (Å²) in [6.45, 7) is 5.38. The number of aromatic hydroxyl groups is 1. The number of aryl methyl sites for hydroxylation is 1. The van der Waals surface area contributed by atoms with E-state index in [1.807, 2.05) is 13.8 Å². The molecule has 8 heteroatoms. The minimum Gasteiger partial charge on any atom is -0.507 e. The Balaban J connectivity index is 2.05. The molecule has 0 spiro atoms. The van der Waals surface area contributed by atoms with Crippen LogP contribution in [-0.2, 0) is 0 Å². The third kappa shape index (κ3) is 5.42. The standard InChI is InChI=1S/C19H20N2O5S/c1-10(2)26-14-6-4-12(5-7-14)17(23)21-19(27)20-13-8-11(3)16(22)15(9-13)18(24)25/h4-10,22H,1-3H3,(H,24,25)(H2,20,21,23,27). The Morgan fingerprint density at radius 1 is 1.15 bits per heavy atom. The Morgan fingerprint density at radius 2 is 1.78 bits per heavy atom. The molecule has 0 heterocycles. The van der Waals surface area contributed by atoms with Crippen molar-refractivity contribution in [1.29, 1.82) is 0 Å². The number of thiocarbonyl (C=S) groups is 1. The fourth-order valence-electron chi connectivity index (χ4n) is 2.31. The molecule has 0 radical (unpaired) electrons. The van der Waals surface area contributed by atoms with Gasteiger partial charge in [-0.25, -0.2) is 4.79 Å². The van der Waals surface area contributed by atoms with Crippen molar-refractivity contribution in [2.24, 2.45) is 0 Å². The van der Waals surface area contributed by atoms with Gasteiger partial charge in [-0.1, -0.05) is 0 Å². The van der Waals surface area contributed by atoms with Crippen LogP contribution in [-0.4, -0.2) is 33.3 Å². The highest BCUT2D eigenvalue weighted by molar-refractivity contribution is 7.80. The minimum atomic E-state index is -1.27. The van der Waals surface area contributed by atoms with Gasteiger partial charge in [-0.3, -0.25) is 10.1 Å². The first-order valence-corrected chi connectivity index (χ1v) is 8.54. The molecule has 2 aromatic rings. The zero-order valence-electron chi connectivity index (χ0n) is 15.1. The quantitative estimate of drug-likeness (QED) is 0.460. The van der Waals surface area contributed by atoms with E-state index in [0.29, 0.717) is 22.6 Å². The number of hydrogen-bond donors (Lipinski definition) is 4. The molecule has 0 aliphatic heterocycles. The van der Waals surface area contributed by atoms with Crippen molar-refractivity contribution in [1.82, 2.24) is 5.32 Å². The van der Waals surface area contributed by atoms with E-state index in [-0.39, 0.29) is 22.5 Å². The van der Waals surface area contributed by atoms with Gasteiger partial charge in [0.05, 0.1) is 6.10 Å². The monoisotopic (exact) mass is 388 g/mol. The zero-order chi connectivity index (χ0) is 20.1. The lowest BCUT2D eigenvalue weighted by Crippen LogP contribution is -2.34. The average Bonchev–Trinajstić information content (AvgIpc) is 2.57. The van der Waals surface area contributed by atoms with E-state index in [1.165, 1.54) is 12.1 Å². The van der Waals surface area contributed by atoms with Crippen molar-refractivity contribution in [3.8, 4) is 11.5 Å². The number of amides is 1. The average molecular weight is 388 g/mol. The van der Waals surface area contributed by atoms with Crippen LogP contribution in [0.2, 0.25) is 0 Å². The summed E-state index contributed by atoms with van der Waals surface area (Å²) in [5, 5.41) is 24.2. The van der Waals surface area contributed by atoms with Gasteiger partial charge in [-0.05, 0) is 75.0 Å². The van der Waals surface area contributed by atoms with Gasteiger partial charge in [-0.15, -0.1) is 0 Å². The number of hydrogen-bond acceptors (Lipinski definition) is 5.